The highest BCUT2D eigenvalue weighted by Crippen LogP contribution is 2.68. The third-order valence-electron chi connectivity index (χ3n) is 11.5. The number of fused-ring (bicyclic) bond motifs is 2. The largest absolute Gasteiger partial charge is 0.506 e. The van der Waals surface area contributed by atoms with Gasteiger partial charge in [0.25, 0.3) is 0 Å². The van der Waals surface area contributed by atoms with Crippen molar-refractivity contribution in [1.82, 2.24) is 10.2 Å². The zero-order valence-corrected chi connectivity index (χ0v) is 31.9. The van der Waals surface area contributed by atoms with E-state index >= 15 is 0 Å². The first-order valence-electron chi connectivity index (χ1n) is 18.3. The summed E-state index contributed by atoms with van der Waals surface area (Å²) in [5, 5.41) is 15.0. The molecule has 6 aliphatic rings. The van der Waals surface area contributed by atoms with Gasteiger partial charge in [0.2, 0.25) is 5.91 Å². The van der Waals surface area contributed by atoms with Crippen LogP contribution in [0.5, 0.6) is 17.2 Å². The molecule has 2 N–H and O–H groups in total. The maximum atomic E-state index is 14.9. The number of allylic oxidation sites excluding steroid dienone is 5. The van der Waals surface area contributed by atoms with Gasteiger partial charge in [-0.3, -0.25) is 14.4 Å². The van der Waals surface area contributed by atoms with Crippen molar-refractivity contribution < 1.29 is 33.7 Å². The Morgan fingerprint density at radius 3 is 2.41 bits per heavy atom. The first-order chi connectivity index (χ1) is 23.9. The number of carbonyl (C=O) groups excluding carboxylic acids is 3. The number of benzene rings is 1. The molecule has 5 atom stereocenters. The van der Waals surface area contributed by atoms with Crippen molar-refractivity contribution in [3.05, 3.63) is 69.4 Å². The zero-order valence-electron chi connectivity index (χ0n) is 31.9. The SMILES string of the molecule is CNCCN(C)C(=O)C(C)=CCC12OC(C)(C)C3CC(C=C4C(=O)c5c(O)c6c(c(CC=C(C)C)c5OC431)OC(C)(CCC=C(C)C)C=C6)C2=O. The number of likely N-dealkylation sites (N-methyl/N-ethyl adjacent to an activating group) is 2. The Bertz CT molecular complexity index is 1840. The lowest BCUT2D eigenvalue weighted by atomic mass is 9.51. The molecule has 9 heteroatoms. The standard InChI is InChI=1S/C42H54N2O7/c1-24(2)12-11-17-40(8)18-16-28-33(45)32-34(46)30-22-27-23-31-39(6,7)51-41(37(27)47,19-15-26(5)38(48)44(10)21-20-43-9)42(30,31)50-36(32)29(35(28)49-40)14-13-25(3)4/h12-13,15-16,18,22,27,31,43,45H,11,14,17,19-21,23H2,1-10H3. The van der Waals surface area contributed by atoms with E-state index in [2.05, 4.69) is 31.3 Å². The van der Waals surface area contributed by atoms with Crippen LogP contribution in [0.2, 0.25) is 0 Å². The topological polar surface area (TPSA) is 114 Å². The van der Waals surface area contributed by atoms with Gasteiger partial charge in [-0.2, -0.15) is 0 Å². The van der Waals surface area contributed by atoms with Gasteiger partial charge in [0.1, 0.15) is 28.4 Å². The molecule has 3 heterocycles. The number of carbonyl (C=O) groups is 3. The summed E-state index contributed by atoms with van der Waals surface area (Å²) in [6.45, 7) is 17.0. The molecule has 4 bridgehead atoms. The van der Waals surface area contributed by atoms with Gasteiger partial charge < -0.3 is 29.5 Å². The molecule has 7 rings (SSSR count). The van der Waals surface area contributed by atoms with Crippen molar-refractivity contribution in [2.24, 2.45) is 11.8 Å². The summed E-state index contributed by atoms with van der Waals surface area (Å²) in [5.74, 6) is -1.05. The number of phenols is 1. The summed E-state index contributed by atoms with van der Waals surface area (Å²) in [4.78, 5) is 44.5. The summed E-state index contributed by atoms with van der Waals surface area (Å²) in [7, 11) is 3.58. The summed E-state index contributed by atoms with van der Waals surface area (Å²) >= 11 is 0. The number of ether oxygens (including phenoxy) is 3. The number of Topliss-reactive ketones (excluding diaryl/α,β-unsaturated/α-hetero) is 2. The Kier molecular flexibility index (Phi) is 9.33. The van der Waals surface area contributed by atoms with Gasteiger partial charge in [0.05, 0.1) is 11.2 Å². The number of hydrogen-bond acceptors (Lipinski definition) is 8. The van der Waals surface area contributed by atoms with E-state index in [0.29, 0.717) is 60.4 Å². The summed E-state index contributed by atoms with van der Waals surface area (Å²) in [5.41, 5.74) is -0.220. The van der Waals surface area contributed by atoms with Crippen LogP contribution in [0.3, 0.4) is 0 Å². The maximum absolute atomic E-state index is 14.9. The summed E-state index contributed by atoms with van der Waals surface area (Å²) in [6.07, 6.45) is 14.0. The van der Waals surface area contributed by atoms with Crippen LogP contribution in [-0.4, -0.2) is 77.1 Å². The summed E-state index contributed by atoms with van der Waals surface area (Å²) in [6, 6.07) is 0. The van der Waals surface area contributed by atoms with Crippen molar-refractivity contribution in [2.45, 2.75) is 110 Å². The lowest BCUT2D eigenvalue weighted by Gasteiger charge is -2.56. The lowest BCUT2D eigenvalue weighted by molar-refractivity contribution is -0.171. The molecule has 3 aliphatic heterocycles. The second-order valence-corrected chi connectivity index (χ2v) is 16.3. The minimum absolute atomic E-state index is 0.0571. The minimum atomic E-state index is -1.56. The molecule has 51 heavy (non-hydrogen) atoms. The number of hydrogen-bond donors (Lipinski definition) is 2. The molecule has 1 aromatic rings. The number of ketones is 2. The van der Waals surface area contributed by atoms with Crippen LogP contribution in [0, 0.1) is 11.8 Å². The highest BCUT2D eigenvalue weighted by atomic mass is 16.6. The Labute approximate surface area is 302 Å². The highest BCUT2D eigenvalue weighted by Gasteiger charge is 2.81. The van der Waals surface area contributed by atoms with Crippen molar-refractivity contribution in [3.63, 3.8) is 0 Å². The molecule has 1 saturated heterocycles. The molecule has 274 valence electrons. The fraction of sp³-hybridized carbons (Fsp3) is 0.548. The van der Waals surface area contributed by atoms with Crippen LogP contribution < -0.4 is 14.8 Å². The fourth-order valence-electron chi connectivity index (χ4n) is 8.85. The fourth-order valence-corrected chi connectivity index (χ4v) is 8.85. The van der Waals surface area contributed by atoms with Crippen LogP contribution in [0.4, 0.5) is 0 Å². The molecule has 0 aromatic heterocycles. The van der Waals surface area contributed by atoms with E-state index in [1.54, 1.807) is 31.0 Å². The Morgan fingerprint density at radius 1 is 1.04 bits per heavy atom. The number of amides is 1. The molecular formula is C42H54N2O7. The molecule has 5 unspecified atom stereocenters. The predicted molar refractivity (Wildman–Crippen MR) is 198 cm³/mol. The first-order valence-corrected chi connectivity index (χ1v) is 18.3. The number of rotatable bonds is 11. The normalized spacial score (nSPS) is 29.3. The van der Waals surface area contributed by atoms with Crippen molar-refractivity contribution in [1.29, 1.82) is 0 Å². The molecule has 2 fully saturated rings. The average molecular weight is 699 g/mol. The van der Waals surface area contributed by atoms with Gasteiger partial charge in [-0.1, -0.05) is 35.5 Å². The van der Waals surface area contributed by atoms with Crippen LogP contribution >= 0.6 is 0 Å². The Balaban J connectivity index is 1.53. The second-order valence-electron chi connectivity index (χ2n) is 16.3. The third-order valence-corrected chi connectivity index (χ3v) is 11.5. The molecule has 1 saturated carbocycles. The Hall–Kier alpha value is -3.95. The van der Waals surface area contributed by atoms with E-state index in [9.17, 15) is 19.5 Å². The van der Waals surface area contributed by atoms with E-state index in [-0.39, 0.29) is 46.9 Å². The van der Waals surface area contributed by atoms with Gasteiger partial charge in [-0.25, -0.2) is 0 Å². The number of phenolic OH excluding ortho intramolecular Hbond substituents is 1. The first kappa shape index (κ1) is 36.8. The quantitative estimate of drug-likeness (QED) is 0.191. The van der Waals surface area contributed by atoms with Crippen molar-refractivity contribution in [2.75, 3.05) is 27.2 Å². The maximum Gasteiger partial charge on any atom is 0.248 e. The van der Waals surface area contributed by atoms with Gasteiger partial charge >= 0.3 is 0 Å². The average Bonchev–Trinajstić information content (AvgIpc) is 3.22. The van der Waals surface area contributed by atoms with E-state index in [4.69, 9.17) is 14.2 Å². The molecule has 1 spiro atoms. The minimum Gasteiger partial charge on any atom is -0.506 e. The smallest absolute Gasteiger partial charge is 0.248 e. The van der Waals surface area contributed by atoms with E-state index in [0.717, 1.165) is 12.0 Å². The zero-order chi connectivity index (χ0) is 37.3. The van der Waals surface area contributed by atoms with Gasteiger partial charge in [0, 0.05) is 55.1 Å². The Morgan fingerprint density at radius 2 is 1.75 bits per heavy atom. The molecule has 3 aliphatic carbocycles. The molecule has 1 amide bonds. The predicted octanol–water partition coefficient (Wildman–Crippen LogP) is 6.83. The van der Waals surface area contributed by atoms with Crippen LogP contribution in [0.25, 0.3) is 6.08 Å². The highest BCUT2D eigenvalue weighted by molar-refractivity contribution is 6.19. The van der Waals surface area contributed by atoms with Gasteiger partial charge in [-0.05, 0) is 100 Å². The van der Waals surface area contributed by atoms with Gasteiger partial charge in [0.15, 0.2) is 22.8 Å². The summed E-state index contributed by atoms with van der Waals surface area (Å²) < 4.78 is 21.0. The molecule has 9 nitrogen and oxygen atoms in total. The van der Waals surface area contributed by atoms with Crippen LogP contribution in [0.1, 0.15) is 103 Å². The third kappa shape index (κ3) is 5.71. The number of aromatic hydroxyl groups is 1. The molecule has 0 radical (unpaired) electrons. The van der Waals surface area contributed by atoms with Crippen molar-refractivity contribution in [3.8, 4) is 17.2 Å². The van der Waals surface area contributed by atoms with Crippen LogP contribution in [-0.2, 0) is 20.7 Å². The van der Waals surface area contributed by atoms with Crippen molar-refractivity contribution >= 4 is 23.5 Å². The van der Waals surface area contributed by atoms with E-state index in [1.165, 1.54) is 5.57 Å². The number of nitrogens with zero attached hydrogens (tertiary/aromatic N) is 1. The van der Waals surface area contributed by atoms with Gasteiger partial charge in [-0.15, -0.1) is 0 Å². The molecule has 1 aromatic carbocycles. The monoisotopic (exact) mass is 698 g/mol. The lowest BCUT2D eigenvalue weighted by Crippen LogP contribution is -2.72. The second kappa shape index (κ2) is 12.9. The van der Waals surface area contributed by atoms with Crippen LogP contribution in [0.15, 0.2) is 52.7 Å². The number of nitrogens with one attached hydrogen (secondary N) is 1. The van der Waals surface area contributed by atoms with E-state index < -0.39 is 28.3 Å². The van der Waals surface area contributed by atoms with E-state index in [1.807, 2.05) is 53.8 Å². The molecular weight excluding hydrogens is 644 g/mol.